The van der Waals surface area contributed by atoms with Gasteiger partial charge in [0.25, 0.3) is 0 Å². The monoisotopic (exact) mass is 378 g/mol. The second-order valence-corrected chi connectivity index (χ2v) is 5.80. The minimum atomic E-state index is 0.126. The molecule has 0 heterocycles. The van der Waals surface area contributed by atoms with E-state index in [0.29, 0.717) is 11.5 Å². The second-order valence-electron chi connectivity index (χ2n) is 3.44. The first kappa shape index (κ1) is 15.4. The van der Waals surface area contributed by atoms with Crippen molar-refractivity contribution in [3.05, 3.63) is 27.3 Å². The fourth-order valence-corrected chi connectivity index (χ4v) is 2.66. The van der Waals surface area contributed by atoms with Crippen molar-refractivity contribution in [1.29, 1.82) is 0 Å². The molecule has 0 aliphatic heterocycles. The summed E-state index contributed by atoms with van der Waals surface area (Å²) in [6.07, 6.45) is 3.93. The van der Waals surface area contributed by atoms with Gasteiger partial charge in [-0.15, -0.1) is 0 Å². The molecule has 3 nitrogen and oxygen atoms in total. The van der Waals surface area contributed by atoms with Crippen LogP contribution in [0.4, 0.5) is 0 Å². The Bertz CT molecular complexity index is 458. The average Bonchev–Trinajstić information content (AvgIpc) is 2.33. The summed E-state index contributed by atoms with van der Waals surface area (Å²) in [5.74, 6) is 2.14. The van der Waals surface area contributed by atoms with Crippen molar-refractivity contribution < 1.29 is 14.3 Å². The van der Waals surface area contributed by atoms with E-state index in [-0.39, 0.29) is 5.12 Å². The molecule has 1 aromatic carbocycles. The smallest absolute Gasteiger partial charge is 0.186 e. The summed E-state index contributed by atoms with van der Waals surface area (Å²) in [4.78, 5) is 10.8. The lowest BCUT2D eigenvalue weighted by molar-refractivity contribution is -0.109. The number of thioether (sulfide) groups is 1. The highest BCUT2D eigenvalue weighted by molar-refractivity contribution is 14.1. The third kappa shape index (κ3) is 4.53. The lowest BCUT2D eigenvalue weighted by Crippen LogP contribution is -1.94. The molecule has 0 unspecified atom stereocenters. The minimum absolute atomic E-state index is 0.126. The van der Waals surface area contributed by atoms with Gasteiger partial charge in [-0.3, -0.25) is 4.79 Å². The largest absolute Gasteiger partial charge is 0.493 e. The highest BCUT2D eigenvalue weighted by Crippen LogP contribution is 2.33. The molecule has 0 aliphatic rings. The van der Waals surface area contributed by atoms with E-state index < -0.39 is 0 Å². The molecular weight excluding hydrogens is 363 g/mol. The molecule has 0 amide bonds. The van der Waals surface area contributed by atoms with Crippen molar-refractivity contribution in [1.82, 2.24) is 0 Å². The normalized spacial score (nSPS) is 10.7. The fraction of sp³-hybridized carbons (Fsp3) is 0.308. The fourth-order valence-electron chi connectivity index (χ4n) is 1.38. The van der Waals surface area contributed by atoms with Crippen LogP contribution in [0.25, 0.3) is 6.08 Å². The van der Waals surface area contributed by atoms with Gasteiger partial charge in [0, 0.05) is 12.7 Å². The summed E-state index contributed by atoms with van der Waals surface area (Å²) in [7, 11) is 3.24. The Morgan fingerprint density at radius 2 is 2.11 bits per heavy atom. The van der Waals surface area contributed by atoms with Gasteiger partial charge in [0.05, 0.1) is 17.8 Å². The number of halogens is 1. The summed E-state index contributed by atoms with van der Waals surface area (Å²) in [6.45, 7) is 1.57. The van der Waals surface area contributed by atoms with E-state index in [1.807, 2.05) is 24.3 Å². The zero-order chi connectivity index (χ0) is 13.5. The van der Waals surface area contributed by atoms with Crippen LogP contribution in [0.2, 0.25) is 0 Å². The first-order valence-corrected chi connectivity index (χ1v) is 7.36. The number of hydrogen-bond donors (Lipinski definition) is 0. The van der Waals surface area contributed by atoms with E-state index in [9.17, 15) is 4.79 Å². The van der Waals surface area contributed by atoms with Crippen LogP contribution in [0, 0.1) is 3.57 Å². The molecule has 0 fully saturated rings. The molecule has 0 aromatic heterocycles. The van der Waals surface area contributed by atoms with Gasteiger partial charge in [0.15, 0.2) is 16.6 Å². The molecule has 0 aliphatic carbocycles. The van der Waals surface area contributed by atoms with Crippen LogP contribution in [-0.4, -0.2) is 25.1 Å². The topological polar surface area (TPSA) is 35.5 Å². The van der Waals surface area contributed by atoms with Gasteiger partial charge in [-0.2, -0.15) is 0 Å². The number of carbonyl (C=O) groups is 1. The first-order chi connectivity index (χ1) is 8.58. The van der Waals surface area contributed by atoms with Crippen molar-refractivity contribution in [3.8, 4) is 11.5 Å². The van der Waals surface area contributed by atoms with Crippen LogP contribution in [0.5, 0.6) is 11.5 Å². The summed E-state index contributed by atoms with van der Waals surface area (Å²) in [5, 5.41) is 0.126. The lowest BCUT2D eigenvalue weighted by atomic mass is 10.2. The Morgan fingerprint density at radius 1 is 1.39 bits per heavy atom. The van der Waals surface area contributed by atoms with Gasteiger partial charge in [0.2, 0.25) is 0 Å². The van der Waals surface area contributed by atoms with Crippen molar-refractivity contribution in [2.45, 2.75) is 6.92 Å². The Labute approximate surface area is 125 Å². The molecule has 1 rings (SSSR count). The molecule has 1 aromatic rings. The number of hydrogen-bond acceptors (Lipinski definition) is 4. The maximum absolute atomic E-state index is 10.8. The molecule has 18 heavy (non-hydrogen) atoms. The number of benzene rings is 1. The minimum Gasteiger partial charge on any atom is -0.493 e. The van der Waals surface area contributed by atoms with Crippen LogP contribution in [0.1, 0.15) is 12.5 Å². The number of rotatable bonds is 5. The van der Waals surface area contributed by atoms with Crippen molar-refractivity contribution in [2.75, 3.05) is 20.0 Å². The van der Waals surface area contributed by atoms with Gasteiger partial charge in [-0.1, -0.05) is 23.9 Å². The highest BCUT2D eigenvalue weighted by atomic mass is 127. The molecule has 0 radical (unpaired) electrons. The van der Waals surface area contributed by atoms with E-state index >= 15 is 0 Å². The quantitative estimate of drug-likeness (QED) is 0.734. The van der Waals surface area contributed by atoms with Crippen molar-refractivity contribution >= 4 is 45.5 Å². The third-order valence-electron chi connectivity index (χ3n) is 2.15. The zero-order valence-electron chi connectivity index (χ0n) is 10.5. The van der Waals surface area contributed by atoms with Crippen LogP contribution in [0.3, 0.4) is 0 Å². The standard InChI is InChI=1S/C13H15IO3S/c1-9(15)18-6-4-5-10-7-11(14)13(17-3)12(8-10)16-2/h4-5,7-8H,6H2,1-3H3. The number of carbonyl (C=O) groups excluding carboxylic acids is 1. The SMILES string of the molecule is COc1cc(C=CCSC(C)=O)cc(I)c1OC. The Hall–Kier alpha value is -0.690. The molecule has 98 valence electrons. The van der Waals surface area contributed by atoms with Crippen molar-refractivity contribution in [3.63, 3.8) is 0 Å². The van der Waals surface area contributed by atoms with Gasteiger partial charge in [-0.05, 0) is 40.3 Å². The van der Waals surface area contributed by atoms with Crippen molar-refractivity contribution in [2.24, 2.45) is 0 Å². The Balaban J connectivity index is 2.84. The first-order valence-electron chi connectivity index (χ1n) is 5.30. The van der Waals surface area contributed by atoms with E-state index in [2.05, 4.69) is 22.6 Å². The third-order valence-corrected chi connectivity index (χ3v) is 3.72. The molecule has 0 spiro atoms. The van der Waals surface area contributed by atoms with E-state index in [1.54, 1.807) is 21.1 Å². The maximum Gasteiger partial charge on any atom is 0.186 e. The molecule has 0 bridgehead atoms. The number of ether oxygens (including phenoxy) is 2. The molecule has 0 saturated carbocycles. The second kappa shape index (κ2) is 7.68. The maximum atomic E-state index is 10.8. The Kier molecular flexibility index (Phi) is 6.56. The average molecular weight is 378 g/mol. The Morgan fingerprint density at radius 3 is 2.67 bits per heavy atom. The summed E-state index contributed by atoms with van der Waals surface area (Å²) in [6, 6.07) is 3.92. The lowest BCUT2D eigenvalue weighted by Gasteiger charge is -2.10. The van der Waals surface area contributed by atoms with Crippen LogP contribution < -0.4 is 9.47 Å². The predicted molar refractivity (Wildman–Crippen MR) is 84.4 cm³/mol. The van der Waals surface area contributed by atoms with E-state index in [0.717, 1.165) is 14.9 Å². The zero-order valence-corrected chi connectivity index (χ0v) is 13.5. The number of methoxy groups -OCH3 is 2. The van der Waals surface area contributed by atoms with E-state index in [4.69, 9.17) is 9.47 Å². The van der Waals surface area contributed by atoms with E-state index in [1.165, 1.54) is 11.8 Å². The molecular formula is C13H15IO3S. The molecule has 0 saturated heterocycles. The predicted octanol–water partition coefficient (Wildman–Crippen LogP) is 3.60. The highest BCUT2D eigenvalue weighted by Gasteiger charge is 2.08. The van der Waals surface area contributed by atoms with Crippen LogP contribution in [-0.2, 0) is 4.79 Å². The van der Waals surface area contributed by atoms with Gasteiger partial charge < -0.3 is 9.47 Å². The summed E-state index contributed by atoms with van der Waals surface area (Å²) in [5.41, 5.74) is 1.03. The molecule has 0 N–H and O–H groups in total. The molecule has 5 heteroatoms. The molecule has 0 atom stereocenters. The summed E-state index contributed by atoms with van der Waals surface area (Å²) >= 11 is 3.50. The van der Waals surface area contributed by atoms with Crippen LogP contribution >= 0.6 is 34.4 Å². The van der Waals surface area contributed by atoms with Gasteiger partial charge >= 0.3 is 0 Å². The van der Waals surface area contributed by atoms with Gasteiger partial charge in [-0.25, -0.2) is 0 Å². The van der Waals surface area contributed by atoms with Gasteiger partial charge in [0.1, 0.15) is 0 Å². The van der Waals surface area contributed by atoms with Crippen LogP contribution in [0.15, 0.2) is 18.2 Å². The summed E-state index contributed by atoms with van der Waals surface area (Å²) < 4.78 is 11.5.